The standard InChI is InChI=1S/C21H31FN6/c1-21(2,28-10-5-4-6-11-28)15-26-20(23-3)25-14-17-7-8-19(18(22)13-17)27-12-9-24-16-27/h7-9,12-13,16H,4-6,10-11,14-15H2,1-3H3,(H2,23,25,26). The number of piperidine rings is 1. The van der Waals surface area contributed by atoms with E-state index in [0.29, 0.717) is 12.2 Å². The number of imidazole rings is 1. The monoisotopic (exact) mass is 386 g/mol. The van der Waals surface area contributed by atoms with Crippen molar-refractivity contribution in [1.29, 1.82) is 0 Å². The zero-order chi connectivity index (χ0) is 20.0. The van der Waals surface area contributed by atoms with Gasteiger partial charge >= 0.3 is 0 Å². The summed E-state index contributed by atoms with van der Waals surface area (Å²) in [6.07, 6.45) is 8.84. The maximum Gasteiger partial charge on any atom is 0.191 e. The number of rotatable bonds is 6. The van der Waals surface area contributed by atoms with Crippen LogP contribution in [0, 0.1) is 5.82 Å². The van der Waals surface area contributed by atoms with E-state index in [1.807, 2.05) is 6.07 Å². The minimum Gasteiger partial charge on any atom is -0.355 e. The highest BCUT2D eigenvalue weighted by Crippen LogP contribution is 2.20. The summed E-state index contributed by atoms with van der Waals surface area (Å²) in [6, 6.07) is 5.23. The van der Waals surface area contributed by atoms with Crippen molar-refractivity contribution < 1.29 is 4.39 Å². The topological polar surface area (TPSA) is 57.5 Å². The molecular formula is C21H31FN6. The number of likely N-dealkylation sites (tertiary alicyclic amines) is 1. The molecule has 28 heavy (non-hydrogen) atoms. The smallest absolute Gasteiger partial charge is 0.191 e. The van der Waals surface area contributed by atoms with Crippen LogP contribution in [0.4, 0.5) is 4.39 Å². The van der Waals surface area contributed by atoms with E-state index in [-0.39, 0.29) is 11.4 Å². The van der Waals surface area contributed by atoms with Gasteiger partial charge in [-0.1, -0.05) is 12.5 Å². The van der Waals surface area contributed by atoms with Crippen LogP contribution in [0.1, 0.15) is 38.7 Å². The van der Waals surface area contributed by atoms with Crippen LogP contribution in [0.3, 0.4) is 0 Å². The molecule has 0 saturated carbocycles. The normalized spacial score (nSPS) is 16.2. The fraction of sp³-hybridized carbons (Fsp3) is 0.524. The van der Waals surface area contributed by atoms with Gasteiger partial charge in [-0.25, -0.2) is 9.37 Å². The molecule has 1 fully saturated rings. The van der Waals surface area contributed by atoms with E-state index in [1.165, 1.54) is 19.3 Å². The Balaban J connectivity index is 1.53. The molecule has 3 rings (SSSR count). The van der Waals surface area contributed by atoms with Crippen molar-refractivity contribution in [3.63, 3.8) is 0 Å². The lowest BCUT2D eigenvalue weighted by atomic mass is 9.98. The van der Waals surface area contributed by atoms with Gasteiger partial charge in [0.1, 0.15) is 5.82 Å². The Morgan fingerprint density at radius 2 is 2.00 bits per heavy atom. The van der Waals surface area contributed by atoms with Gasteiger partial charge in [-0.05, 0) is 57.5 Å². The molecule has 2 heterocycles. The molecule has 0 atom stereocenters. The summed E-state index contributed by atoms with van der Waals surface area (Å²) in [6.45, 7) is 8.16. The van der Waals surface area contributed by atoms with Crippen LogP contribution in [0.2, 0.25) is 0 Å². The second kappa shape index (κ2) is 9.19. The van der Waals surface area contributed by atoms with E-state index >= 15 is 0 Å². The van der Waals surface area contributed by atoms with Crippen LogP contribution in [0.25, 0.3) is 5.69 Å². The molecule has 0 bridgehead atoms. The molecule has 1 aliphatic heterocycles. The molecule has 2 aromatic rings. The number of nitrogens with one attached hydrogen (secondary N) is 2. The second-order valence-corrected chi connectivity index (χ2v) is 7.90. The van der Waals surface area contributed by atoms with Crippen molar-refractivity contribution >= 4 is 5.96 Å². The molecule has 7 heteroatoms. The molecule has 1 aromatic carbocycles. The molecule has 1 aliphatic rings. The summed E-state index contributed by atoms with van der Waals surface area (Å²) in [5, 5.41) is 6.69. The first-order chi connectivity index (χ1) is 13.5. The molecule has 0 spiro atoms. The number of guanidine groups is 1. The SMILES string of the molecule is CN=C(NCc1ccc(-n2ccnc2)c(F)c1)NCC(C)(C)N1CCCCC1. The van der Waals surface area contributed by atoms with Gasteiger partial charge < -0.3 is 15.2 Å². The van der Waals surface area contributed by atoms with Gasteiger partial charge in [-0.15, -0.1) is 0 Å². The zero-order valence-corrected chi connectivity index (χ0v) is 17.1. The van der Waals surface area contributed by atoms with Crippen molar-refractivity contribution in [2.24, 2.45) is 4.99 Å². The van der Waals surface area contributed by atoms with Crippen LogP contribution < -0.4 is 10.6 Å². The fourth-order valence-electron chi connectivity index (χ4n) is 3.59. The fourth-order valence-corrected chi connectivity index (χ4v) is 3.59. The lowest BCUT2D eigenvalue weighted by molar-refractivity contribution is 0.0982. The van der Waals surface area contributed by atoms with E-state index in [9.17, 15) is 4.39 Å². The minimum atomic E-state index is -0.272. The Morgan fingerprint density at radius 1 is 1.21 bits per heavy atom. The Labute approximate surface area is 166 Å². The Morgan fingerprint density at radius 3 is 2.64 bits per heavy atom. The highest BCUT2D eigenvalue weighted by molar-refractivity contribution is 5.79. The van der Waals surface area contributed by atoms with E-state index in [4.69, 9.17) is 0 Å². The number of hydrogen-bond acceptors (Lipinski definition) is 3. The number of hydrogen-bond donors (Lipinski definition) is 2. The number of aliphatic imine (C=N–C) groups is 1. The van der Waals surface area contributed by atoms with Gasteiger partial charge in [0.25, 0.3) is 0 Å². The largest absolute Gasteiger partial charge is 0.355 e. The van der Waals surface area contributed by atoms with E-state index < -0.39 is 0 Å². The lowest BCUT2D eigenvalue weighted by Gasteiger charge is -2.41. The number of halogens is 1. The van der Waals surface area contributed by atoms with E-state index in [1.54, 1.807) is 42.5 Å². The molecule has 2 N–H and O–H groups in total. The first-order valence-corrected chi connectivity index (χ1v) is 9.96. The highest BCUT2D eigenvalue weighted by atomic mass is 19.1. The first kappa shape index (κ1) is 20.3. The predicted molar refractivity (Wildman–Crippen MR) is 111 cm³/mol. The maximum absolute atomic E-state index is 14.4. The Bertz CT molecular complexity index is 778. The summed E-state index contributed by atoms with van der Waals surface area (Å²) in [4.78, 5) is 10.8. The van der Waals surface area contributed by atoms with Crippen LogP contribution in [-0.4, -0.2) is 52.6 Å². The summed E-state index contributed by atoms with van der Waals surface area (Å²) in [5.74, 6) is 0.454. The maximum atomic E-state index is 14.4. The number of nitrogens with zero attached hydrogens (tertiary/aromatic N) is 4. The van der Waals surface area contributed by atoms with E-state index in [2.05, 4.69) is 39.4 Å². The molecule has 152 valence electrons. The molecule has 0 aliphatic carbocycles. The quantitative estimate of drug-likeness (QED) is 0.592. The van der Waals surface area contributed by atoms with Gasteiger partial charge in [-0.2, -0.15) is 0 Å². The van der Waals surface area contributed by atoms with Gasteiger partial charge in [0.2, 0.25) is 0 Å². The third-order valence-electron chi connectivity index (χ3n) is 5.38. The minimum absolute atomic E-state index is 0.0661. The van der Waals surface area contributed by atoms with Crippen LogP contribution in [0.5, 0.6) is 0 Å². The highest BCUT2D eigenvalue weighted by Gasteiger charge is 2.27. The molecule has 1 aromatic heterocycles. The molecular weight excluding hydrogens is 355 g/mol. The summed E-state index contributed by atoms with van der Waals surface area (Å²) in [7, 11) is 1.76. The molecule has 1 saturated heterocycles. The van der Waals surface area contributed by atoms with Crippen LogP contribution in [-0.2, 0) is 6.54 Å². The molecule has 0 radical (unpaired) electrons. The lowest BCUT2D eigenvalue weighted by Crippen LogP contribution is -2.54. The van der Waals surface area contributed by atoms with Gasteiger partial charge in [0, 0.05) is 38.1 Å². The Hall–Kier alpha value is -2.41. The average molecular weight is 387 g/mol. The summed E-state index contributed by atoms with van der Waals surface area (Å²) >= 11 is 0. The van der Waals surface area contributed by atoms with Crippen molar-refractivity contribution in [3.8, 4) is 5.69 Å². The van der Waals surface area contributed by atoms with Crippen molar-refractivity contribution in [2.45, 2.75) is 45.2 Å². The summed E-state index contributed by atoms with van der Waals surface area (Å²) < 4.78 is 16.1. The van der Waals surface area contributed by atoms with Gasteiger partial charge in [-0.3, -0.25) is 9.89 Å². The number of aromatic nitrogens is 2. The zero-order valence-electron chi connectivity index (χ0n) is 17.1. The van der Waals surface area contributed by atoms with Crippen molar-refractivity contribution in [3.05, 3.63) is 48.3 Å². The van der Waals surface area contributed by atoms with Crippen LogP contribution in [0.15, 0.2) is 41.9 Å². The first-order valence-electron chi connectivity index (χ1n) is 9.96. The predicted octanol–water partition coefficient (Wildman–Crippen LogP) is 2.94. The molecule has 6 nitrogen and oxygen atoms in total. The van der Waals surface area contributed by atoms with Crippen molar-refractivity contribution in [2.75, 3.05) is 26.7 Å². The third kappa shape index (κ3) is 5.10. The van der Waals surface area contributed by atoms with E-state index in [0.717, 1.165) is 31.2 Å². The Kier molecular flexibility index (Phi) is 6.67. The third-order valence-corrected chi connectivity index (χ3v) is 5.38. The summed E-state index contributed by atoms with van der Waals surface area (Å²) in [5.41, 5.74) is 1.42. The average Bonchev–Trinajstić information content (AvgIpc) is 3.23. The van der Waals surface area contributed by atoms with Crippen LogP contribution >= 0.6 is 0 Å². The van der Waals surface area contributed by atoms with Gasteiger partial charge in [0.05, 0.1) is 12.0 Å². The molecule has 0 unspecified atom stereocenters. The molecule has 0 amide bonds. The number of benzene rings is 1. The second-order valence-electron chi connectivity index (χ2n) is 7.90. The van der Waals surface area contributed by atoms with Crippen molar-refractivity contribution in [1.82, 2.24) is 25.1 Å². The van der Waals surface area contributed by atoms with Gasteiger partial charge in [0.15, 0.2) is 5.96 Å².